The monoisotopic (exact) mass is 978 g/mol. The van der Waals surface area contributed by atoms with Gasteiger partial charge in [0.15, 0.2) is 0 Å². The lowest BCUT2D eigenvalue weighted by molar-refractivity contribution is 0.00530. The summed E-state index contributed by atoms with van der Waals surface area (Å²) in [5.41, 5.74) is 14.4. The fourth-order valence-corrected chi connectivity index (χ4v) is 7.08. The van der Waals surface area contributed by atoms with Gasteiger partial charge in [-0.25, -0.2) is 0 Å². The highest BCUT2D eigenvalue weighted by Crippen LogP contribution is 2.19. The molecule has 15 heteroatoms. The molecule has 0 bridgehead atoms. The van der Waals surface area contributed by atoms with E-state index in [-0.39, 0.29) is 0 Å². The zero-order chi connectivity index (χ0) is 49.8. The number of benzene rings is 1. The Balaban J connectivity index is 0.764. The fourth-order valence-electron chi connectivity index (χ4n) is 7.08. The van der Waals surface area contributed by atoms with Crippen LogP contribution in [0, 0.1) is 20.8 Å². The molecular weight excluding hydrogens is 913 g/mol. The van der Waals surface area contributed by atoms with Crippen LogP contribution in [0.4, 0.5) is 0 Å². The number of aromatic nitrogens is 6. The molecule has 0 spiro atoms. The smallest absolute Gasteiger partial charge is 0.0886 e. The predicted molar refractivity (Wildman–Crippen MR) is 273 cm³/mol. The first-order valence-corrected chi connectivity index (χ1v) is 24.4. The molecule has 15 nitrogen and oxygen atoms in total. The first-order chi connectivity index (χ1) is 35.4. The Morgan fingerprint density at radius 2 is 0.444 bits per heavy atom. The molecule has 0 fully saturated rings. The number of hydrogen-bond donors (Lipinski definition) is 0. The lowest BCUT2D eigenvalue weighted by atomic mass is 10.1. The molecule has 0 saturated heterocycles. The lowest BCUT2D eigenvalue weighted by Crippen LogP contribution is -2.11. The van der Waals surface area contributed by atoms with Crippen molar-refractivity contribution in [1.82, 2.24) is 29.9 Å². The van der Waals surface area contributed by atoms with Crippen molar-refractivity contribution in [2.75, 3.05) is 79.3 Å². The van der Waals surface area contributed by atoms with Gasteiger partial charge in [0.05, 0.1) is 153 Å². The van der Waals surface area contributed by atoms with Crippen LogP contribution in [0.25, 0.3) is 34.2 Å². The molecule has 0 aliphatic carbocycles. The molecule has 6 heterocycles. The zero-order valence-electron chi connectivity index (χ0n) is 41.7. The van der Waals surface area contributed by atoms with E-state index in [0.29, 0.717) is 119 Å². The van der Waals surface area contributed by atoms with E-state index in [4.69, 9.17) is 42.6 Å². The molecule has 0 unspecified atom stereocenters. The molecule has 378 valence electrons. The summed E-state index contributed by atoms with van der Waals surface area (Å²) in [6, 6.07) is 30.2. The molecule has 0 aliphatic heterocycles. The zero-order valence-corrected chi connectivity index (χ0v) is 41.7. The van der Waals surface area contributed by atoms with Crippen LogP contribution in [0.3, 0.4) is 0 Å². The summed E-state index contributed by atoms with van der Waals surface area (Å²) in [6.45, 7) is 14.1. The van der Waals surface area contributed by atoms with E-state index in [1.807, 2.05) is 131 Å². The minimum atomic E-state index is 0.419. The highest BCUT2D eigenvalue weighted by molar-refractivity contribution is 5.55. The van der Waals surface area contributed by atoms with E-state index >= 15 is 0 Å². The van der Waals surface area contributed by atoms with Crippen molar-refractivity contribution >= 4 is 0 Å². The van der Waals surface area contributed by atoms with E-state index in [1.165, 1.54) is 0 Å². The van der Waals surface area contributed by atoms with Crippen LogP contribution in [-0.4, -0.2) is 109 Å². The van der Waals surface area contributed by atoms with Crippen LogP contribution in [0.15, 0.2) is 128 Å². The molecule has 7 rings (SSSR count). The third kappa shape index (κ3) is 19.4. The van der Waals surface area contributed by atoms with Crippen LogP contribution >= 0.6 is 0 Å². The van der Waals surface area contributed by atoms with Crippen molar-refractivity contribution in [3.05, 3.63) is 178 Å². The second-order valence-electron chi connectivity index (χ2n) is 17.1. The second-order valence-corrected chi connectivity index (χ2v) is 17.1. The summed E-state index contributed by atoms with van der Waals surface area (Å²) >= 11 is 0. The van der Waals surface area contributed by atoms with Crippen LogP contribution in [0.2, 0.25) is 0 Å². The minimum Gasteiger partial charge on any atom is -0.377 e. The highest BCUT2D eigenvalue weighted by atomic mass is 16.6. The molecule has 0 aliphatic rings. The first-order valence-electron chi connectivity index (χ1n) is 24.4. The summed E-state index contributed by atoms with van der Waals surface area (Å²) in [5.74, 6) is 0. The molecule has 7 aromatic rings. The molecule has 6 aromatic heterocycles. The normalized spacial score (nSPS) is 11.4. The summed E-state index contributed by atoms with van der Waals surface area (Å²) in [7, 11) is 0. The fraction of sp³-hybridized carbons (Fsp3) is 0.368. The predicted octanol–water partition coefficient (Wildman–Crippen LogP) is 9.23. The maximum Gasteiger partial charge on any atom is 0.0886 e. The number of rotatable bonds is 33. The average molecular weight is 979 g/mol. The largest absolute Gasteiger partial charge is 0.377 e. The van der Waals surface area contributed by atoms with Gasteiger partial charge in [-0.2, -0.15) is 0 Å². The summed E-state index contributed by atoms with van der Waals surface area (Å²) < 4.78 is 52.8. The summed E-state index contributed by atoms with van der Waals surface area (Å²) in [6.07, 6.45) is 11.0. The van der Waals surface area contributed by atoms with Gasteiger partial charge in [-0.1, -0.05) is 54.6 Å². The van der Waals surface area contributed by atoms with E-state index in [0.717, 1.165) is 84.2 Å². The SMILES string of the molecule is Cc1ccc(-c2ccc(COCCOCCOCc3cc(COCCOCCOCc4ccc(-c5ccc(C)cn5)nc4)cc(COCCOCCOCc4ccc(-c5ccc(C)cn5)nc4)c3)cn2)nc1. The third-order valence-electron chi connectivity index (χ3n) is 11.0. The molecule has 0 saturated carbocycles. The van der Waals surface area contributed by atoms with Crippen LogP contribution < -0.4 is 0 Å². The van der Waals surface area contributed by atoms with Gasteiger partial charge in [-0.3, -0.25) is 29.9 Å². The van der Waals surface area contributed by atoms with E-state index in [1.54, 1.807) is 0 Å². The maximum atomic E-state index is 6.01. The van der Waals surface area contributed by atoms with Gasteiger partial charge in [0.1, 0.15) is 0 Å². The van der Waals surface area contributed by atoms with E-state index in [9.17, 15) is 0 Å². The van der Waals surface area contributed by atoms with Crippen LogP contribution in [0.1, 0.15) is 50.1 Å². The van der Waals surface area contributed by atoms with Crippen molar-refractivity contribution < 1.29 is 42.6 Å². The van der Waals surface area contributed by atoms with Gasteiger partial charge in [0, 0.05) is 37.2 Å². The van der Waals surface area contributed by atoms with Gasteiger partial charge in [-0.05, 0) is 107 Å². The third-order valence-corrected chi connectivity index (χ3v) is 11.0. The molecule has 0 radical (unpaired) electrons. The van der Waals surface area contributed by atoms with Gasteiger partial charge in [0.25, 0.3) is 0 Å². The number of ether oxygens (including phenoxy) is 9. The Bertz CT molecular complexity index is 2290. The topological polar surface area (TPSA) is 160 Å². The maximum absolute atomic E-state index is 6.01. The number of pyridine rings is 6. The van der Waals surface area contributed by atoms with Crippen molar-refractivity contribution in [1.29, 1.82) is 0 Å². The Morgan fingerprint density at radius 3 is 0.653 bits per heavy atom. The molecule has 72 heavy (non-hydrogen) atoms. The molecule has 1 aromatic carbocycles. The summed E-state index contributed by atoms with van der Waals surface area (Å²) in [4.78, 5) is 27.0. The van der Waals surface area contributed by atoms with Gasteiger partial charge in [-0.15, -0.1) is 0 Å². The van der Waals surface area contributed by atoms with E-state index < -0.39 is 0 Å². The van der Waals surface area contributed by atoms with Crippen molar-refractivity contribution in [3.8, 4) is 34.2 Å². The molecule has 0 amide bonds. The van der Waals surface area contributed by atoms with Crippen LogP contribution in [0.5, 0.6) is 0 Å². The Labute approximate surface area is 423 Å². The Kier molecular flexibility index (Phi) is 22.8. The molecular formula is C57H66N6O9. The molecule has 0 atom stereocenters. The Morgan fingerprint density at radius 1 is 0.236 bits per heavy atom. The molecule has 0 N–H and O–H groups in total. The van der Waals surface area contributed by atoms with Gasteiger partial charge in [0.2, 0.25) is 0 Å². The van der Waals surface area contributed by atoms with Crippen LogP contribution in [-0.2, 0) is 82.3 Å². The van der Waals surface area contributed by atoms with Gasteiger partial charge < -0.3 is 42.6 Å². The highest BCUT2D eigenvalue weighted by Gasteiger charge is 2.07. The first kappa shape index (κ1) is 53.6. The summed E-state index contributed by atoms with van der Waals surface area (Å²) in [5, 5.41) is 0. The average Bonchev–Trinajstić information content (AvgIpc) is 3.40. The standard InChI is InChI=1S/C57H66N6O9/c1-43-4-10-52(58-31-43)55-13-7-46(34-61-55)37-67-22-16-64-19-25-70-40-49-28-50(41-71-26-20-65-17-23-68-38-47-8-14-56(62-35-47)53-11-5-44(2)32-59-53)30-51(29-49)42-72-27-21-66-18-24-69-39-48-9-15-57(63-36-48)54-12-6-45(3)33-60-54/h4-15,28-36H,16-27,37-42H2,1-3H3. The second kappa shape index (κ2) is 30.6. The number of nitrogens with zero attached hydrogens (tertiary/aromatic N) is 6. The quantitative estimate of drug-likeness (QED) is 0.0358. The van der Waals surface area contributed by atoms with Gasteiger partial charge >= 0.3 is 0 Å². The van der Waals surface area contributed by atoms with Crippen molar-refractivity contribution in [2.45, 2.75) is 60.4 Å². The number of aryl methyl sites for hydroxylation is 3. The van der Waals surface area contributed by atoms with E-state index in [2.05, 4.69) is 48.1 Å². The van der Waals surface area contributed by atoms with Crippen molar-refractivity contribution in [3.63, 3.8) is 0 Å². The lowest BCUT2D eigenvalue weighted by Gasteiger charge is -2.12. The minimum absolute atomic E-state index is 0.419. The van der Waals surface area contributed by atoms with Crippen molar-refractivity contribution in [2.24, 2.45) is 0 Å². The Hall–Kier alpha value is -6.24. The number of hydrogen-bond acceptors (Lipinski definition) is 15.